The van der Waals surface area contributed by atoms with E-state index in [4.69, 9.17) is 10.5 Å². The van der Waals surface area contributed by atoms with E-state index in [1.165, 1.54) is 0 Å². The van der Waals surface area contributed by atoms with Crippen molar-refractivity contribution in [3.05, 3.63) is 0 Å². The Morgan fingerprint density at radius 2 is 2.25 bits per heavy atom. The number of carbonyl (C=O) groups is 1. The number of rotatable bonds is 4. The molecule has 0 bridgehead atoms. The van der Waals surface area contributed by atoms with Crippen LogP contribution in [0.4, 0.5) is 0 Å². The van der Waals surface area contributed by atoms with Crippen LogP contribution in [0.5, 0.6) is 0 Å². The van der Waals surface area contributed by atoms with Crippen molar-refractivity contribution in [1.82, 2.24) is 10.2 Å². The highest BCUT2D eigenvalue weighted by molar-refractivity contribution is 5.78. The first-order chi connectivity index (χ1) is 7.77. The van der Waals surface area contributed by atoms with Crippen LogP contribution in [-0.4, -0.2) is 36.5 Å². The third-order valence-electron chi connectivity index (χ3n) is 2.67. The van der Waals surface area contributed by atoms with Crippen molar-refractivity contribution in [2.24, 2.45) is 0 Å². The molecule has 1 saturated heterocycles. The van der Waals surface area contributed by atoms with E-state index < -0.39 is 0 Å². The molecule has 86 valence electrons. The van der Waals surface area contributed by atoms with Gasteiger partial charge in [-0.3, -0.25) is 9.69 Å². The number of nitrogens with zero attached hydrogens (tertiary/aromatic N) is 3. The minimum atomic E-state index is -0.129. The Bertz CT molecular complexity index is 315. The highest BCUT2D eigenvalue weighted by Gasteiger charge is 2.23. The Labute approximate surface area is 95.6 Å². The molecule has 1 aliphatic heterocycles. The smallest absolute Gasteiger partial charge is 0.234 e. The molecule has 1 heterocycles. The standard InChI is InChI=1S/C11H16N4O/c12-5-3-6-14-11(16)9-15-7-2-1-4-10(15)8-13/h10H,1-4,6-7,9H2,(H,14,16). The average molecular weight is 220 g/mol. The third-order valence-corrected chi connectivity index (χ3v) is 2.67. The normalized spacial score (nSPS) is 20.8. The number of amides is 1. The van der Waals surface area contributed by atoms with Crippen molar-refractivity contribution in [3.63, 3.8) is 0 Å². The first-order valence-corrected chi connectivity index (χ1v) is 5.55. The summed E-state index contributed by atoms with van der Waals surface area (Å²) in [5.74, 6) is -0.0996. The molecule has 0 aromatic carbocycles. The van der Waals surface area contributed by atoms with Gasteiger partial charge in [0.05, 0.1) is 31.1 Å². The van der Waals surface area contributed by atoms with Crippen LogP contribution in [0.1, 0.15) is 25.7 Å². The molecule has 5 nitrogen and oxygen atoms in total. The van der Waals surface area contributed by atoms with Crippen molar-refractivity contribution in [3.8, 4) is 12.1 Å². The van der Waals surface area contributed by atoms with Crippen LogP contribution < -0.4 is 5.32 Å². The summed E-state index contributed by atoms with van der Waals surface area (Å²) in [5.41, 5.74) is 0. The topological polar surface area (TPSA) is 79.9 Å². The van der Waals surface area contributed by atoms with Gasteiger partial charge in [0.15, 0.2) is 0 Å². The lowest BCUT2D eigenvalue weighted by molar-refractivity contribution is -0.122. The van der Waals surface area contributed by atoms with Gasteiger partial charge in [0, 0.05) is 6.54 Å². The van der Waals surface area contributed by atoms with E-state index in [0.29, 0.717) is 13.0 Å². The van der Waals surface area contributed by atoms with Crippen molar-refractivity contribution in [2.45, 2.75) is 31.7 Å². The van der Waals surface area contributed by atoms with E-state index in [1.54, 1.807) is 0 Å². The molecule has 0 aliphatic carbocycles. The van der Waals surface area contributed by atoms with Crippen LogP contribution >= 0.6 is 0 Å². The molecule has 1 fully saturated rings. The van der Waals surface area contributed by atoms with Gasteiger partial charge in [0.25, 0.3) is 0 Å². The second-order valence-electron chi connectivity index (χ2n) is 3.87. The summed E-state index contributed by atoms with van der Waals surface area (Å²) in [6.45, 7) is 1.47. The van der Waals surface area contributed by atoms with E-state index in [1.807, 2.05) is 11.0 Å². The molecule has 1 amide bonds. The highest BCUT2D eigenvalue weighted by atomic mass is 16.2. The van der Waals surface area contributed by atoms with Crippen LogP contribution in [0.15, 0.2) is 0 Å². The number of carbonyl (C=O) groups excluding carboxylic acids is 1. The van der Waals surface area contributed by atoms with E-state index in [9.17, 15) is 4.79 Å². The zero-order valence-electron chi connectivity index (χ0n) is 9.28. The van der Waals surface area contributed by atoms with Crippen molar-refractivity contribution in [2.75, 3.05) is 19.6 Å². The van der Waals surface area contributed by atoms with Crippen LogP contribution in [0.25, 0.3) is 0 Å². The Balaban J connectivity index is 2.32. The molecule has 16 heavy (non-hydrogen) atoms. The van der Waals surface area contributed by atoms with Gasteiger partial charge < -0.3 is 5.32 Å². The second-order valence-corrected chi connectivity index (χ2v) is 3.87. The SMILES string of the molecule is N#CCCNC(=O)CN1CCCCC1C#N. The summed E-state index contributed by atoms with van der Waals surface area (Å²) < 4.78 is 0. The van der Waals surface area contributed by atoms with Crippen LogP contribution in [0.2, 0.25) is 0 Å². The molecule has 1 rings (SSSR count). The van der Waals surface area contributed by atoms with Crippen LogP contribution in [-0.2, 0) is 4.79 Å². The predicted molar refractivity (Wildman–Crippen MR) is 58.1 cm³/mol. The lowest BCUT2D eigenvalue weighted by atomic mass is 10.0. The van der Waals surface area contributed by atoms with E-state index in [0.717, 1.165) is 25.8 Å². The first-order valence-electron chi connectivity index (χ1n) is 5.55. The molecule has 1 unspecified atom stereocenters. The number of nitrogens with one attached hydrogen (secondary N) is 1. The largest absolute Gasteiger partial charge is 0.354 e. The van der Waals surface area contributed by atoms with Crippen LogP contribution in [0, 0.1) is 22.7 Å². The third kappa shape index (κ3) is 3.88. The Kier molecular flexibility index (Phi) is 5.31. The quantitative estimate of drug-likeness (QED) is 0.695. The van der Waals surface area contributed by atoms with Crippen molar-refractivity contribution < 1.29 is 4.79 Å². The van der Waals surface area contributed by atoms with E-state index in [-0.39, 0.29) is 18.5 Å². The maximum atomic E-state index is 11.5. The number of hydrogen-bond acceptors (Lipinski definition) is 4. The zero-order valence-corrected chi connectivity index (χ0v) is 9.28. The molecular formula is C11H16N4O. The van der Waals surface area contributed by atoms with Gasteiger partial charge in [-0.2, -0.15) is 10.5 Å². The second kappa shape index (κ2) is 6.81. The van der Waals surface area contributed by atoms with Gasteiger partial charge in [-0.25, -0.2) is 0 Å². The fraction of sp³-hybridized carbons (Fsp3) is 0.727. The molecular weight excluding hydrogens is 204 g/mol. The Hall–Kier alpha value is -1.59. The fourth-order valence-corrected chi connectivity index (χ4v) is 1.82. The van der Waals surface area contributed by atoms with Gasteiger partial charge in [0.1, 0.15) is 0 Å². The molecule has 1 atom stereocenters. The highest BCUT2D eigenvalue weighted by Crippen LogP contribution is 2.15. The van der Waals surface area contributed by atoms with Gasteiger partial charge in [-0.15, -0.1) is 0 Å². The monoisotopic (exact) mass is 220 g/mol. The molecule has 1 aliphatic rings. The molecule has 5 heteroatoms. The number of piperidine rings is 1. The van der Waals surface area contributed by atoms with Gasteiger partial charge in [-0.05, 0) is 25.8 Å². The van der Waals surface area contributed by atoms with Crippen molar-refractivity contribution in [1.29, 1.82) is 10.5 Å². The molecule has 0 saturated carbocycles. The first kappa shape index (κ1) is 12.5. The summed E-state index contributed by atoms with van der Waals surface area (Å²) in [6, 6.07) is 4.06. The Morgan fingerprint density at radius 3 is 2.94 bits per heavy atom. The van der Waals surface area contributed by atoms with Gasteiger partial charge in [0.2, 0.25) is 5.91 Å². The van der Waals surface area contributed by atoms with Crippen molar-refractivity contribution >= 4 is 5.91 Å². The summed E-state index contributed by atoms with van der Waals surface area (Å²) in [7, 11) is 0. The fourth-order valence-electron chi connectivity index (χ4n) is 1.82. The van der Waals surface area contributed by atoms with Gasteiger partial charge in [-0.1, -0.05) is 0 Å². The maximum absolute atomic E-state index is 11.5. The zero-order chi connectivity index (χ0) is 11.8. The lowest BCUT2D eigenvalue weighted by Gasteiger charge is -2.30. The summed E-state index contributed by atoms with van der Waals surface area (Å²) in [5, 5.41) is 19.9. The minimum Gasteiger partial charge on any atom is -0.354 e. The minimum absolute atomic E-state index is 0.0996. The summed E-state index contributed by atoms with van der Waals surface area (Å²) >= 11 is 0. The maximum Gasteiger partial charge on any atom is 0.234 e. The molecule has 0 spiro atoms. The van der Waals surface area contributed by atoms with E-state index >= 15 is 0 Å². The number of nitriles is 2. The summed E-state index contributed by atoms with van der Waals surface area (Å²) in [6.07, 6.45) is 3.28. The van der Waals surface area contributed by atoms with E-state index in [2.05, 4.69) is 11.4 Å². The predicted octanol–water partition coefficient (Wildman–Crippen LogP) is 0.394. The Morgan fingerprint density at radius 1 is 1.44 bits per heavy atom. The van der Waals surface area contributed by atoms with Gasteiger partial charge >= 0.3 is 0 Å². The average Bonchev–Trinajstić information content (AvgIpc) is 2.30. The van der Waals surface area contributed by atoms with Crippen LogP contribution in [0.3, 0.4) is 0 Å². The molecule has 0 radical (unpaired) electrons. The molecule has 0 aromatic heterocycles. The number of hydrogen-bond donors (Lipinski definition) is 1. The molecule has 0 aromatic rings. The summed E-state index contributed by atoms with van der Waals surface area (Å²) in [4.78, 5) is 13.4. The number of likely N-dealkylation sites (tertiary alicyclic amines) is 1. The lowest BCUT2D eigenvalue weighted by Crippen LogP contribution is -2.45. The molecule has 1 N–H and O–H groups in total.